The first-order valence-corrected chi connectivity index (χ1v) is 6.36. The molecule has 98 valence electrons. The van der Waals surface area contributed by atoms with Crippen LogP contribution in [-0.4, -0.2) is 36.9 Å². The summed E-state index contributed by atoms with van der Waals surface area (Å²) in [6.45, 7) is 2.80. The van der Waals surface area contributed by atoms with Crippen molar-refractivity contribution < 1.29 is 14.6 Å². The van der Waals surface area contributed by atoms with Crippen LogP contribution in [0, 0.1) is 0 Å². The van der Waals surface area contributed by atoms with E-state index in [-0.39, 0.29) is 25.2 Å². The van der Waals surface area contributed by atoms with Crippen molar-refractivity contribution in [3.05, 3.63) is 29.8 Å². The van der Waals surface area contributed by atoms with E-state index in [1.165, 1.54) is 5.56 Å². The largest absolute Gasteiger partial charge is 0.396 e. The molecule has 0 bridgehead atoms. The van der Waals surface area contributed by atoms with E-state index in [0.717, 1.165) is 12.1 Å². The summed E-state index contributed by atoms with van der Waals surface area (Å²) in [6, 6.07) is 8.02. The van der Waals surface area contributed by atoms with Crippen molar-refractivity contribution >= 4 is 11.6 Å². The third-order valence-corrected chi connectivity index (χ3v) is 3.24. The van der Waals surface area contributed by atoms with Crippen molar-refractivity contribution in [2.24, 2.45) is 0 Å². The fraction of sp³-hybridized carbons (Fsp3) is 0.500. The number of rotatable bonds is 4. The van der Waals surface area contributed by atoms with Gasteiger partial charge in [-0.2, -0.15) is 0 Å². The number of morpholine rings is 1. The van der Waals surface area contributed by atoms with Crippen molar-refractivity contribution in [3.63, 3.8) is 0 Å². The number of carbonyl (C=O) groups is 1. The molecule has 1 aliphatic heterocycles. The van der Waals surface area contributed by atoms with Crippen LogP contribution in [0.1, 0.15) is 18.9 Å². The first-order valence-electron chi connectivity index (χ1n) is 6.36. The van der Waals surface area contributed by atoms with Crippen molar-refractivity contribution in [2.75, 3.05) is 24.7 Å². The van der Waals surface area contributed by atoms with E-state index >= 15 is 0 Å². The molecule has 1 amide bonds. The predicted molar refractivity (Wildman–Crippen MR) is 69.6 cm³/mol. The molecule has 0 spiro atoms. The molecule has 4 nitrogen and oxygen atoms in total. The quantitative estimate of drug-likeness (QED) is 0.876. The van der Waals surface area contributed by atoms with Gasteiger partial charge < -0.3 is 14.7 Å². The van der Waals surface area contributed by atoms with E-state index in [2.05, 4.69) is 6.92 Å². The number of benzene rings is 1. The number of ether oxygens (including phenoxy) is 1. The van der Waals surface area contributed by atoms with Crippen LogP contribution in [0.3, 0.4) is 0 Å². The van der Waals surface area contributed by atoms with Gasteiger partial charge in [0.2, 0.25) is 0 Å². The maximum Gasteiger partial charge on any atom is 0.253 e. The van der Waals surface area contributed by atoms with Gasteiger partial charge in [0.05, 0.1) is 12.6 Å². The normalized spacial score (nSPS) is 20.2. The zero-order valence-corrected chi connectivity index (χ0v) is 10.6. The van der Waals surface area contributed by atoms with Gasteiger partial charge in [0.15, 0.2) is 0 Å². The van der Waals surface area contributed by atoms with Crippen LogP contribution in [0.2, 0.25) is 0 Å². The monoisotopic (exact) mass is 249 g/mol. The van der Waals surface area contributed by atoms with Crippen LogP contribution in [-0.2, 0) is 16.0 Å². The Hall–Kier alpha value is -1.39. The van der Waals surface area contributed by atoms with Crippen LogP contribution in [0.4, 0.5) is 5.69 Å². The van der Waals surface area contributed by atoms with Gasteiger partial charge in [-0.1, -0.05) is 19.1 Å². The number of anilines is 1. The van der Waals surface area contributed by atoms with E-state index in [4.69, 9.17) is 9.84 Å². The van der Waals surface area contributed by atoms with Crippen molar-refractivity contribution in [1.29, 1.82) is 0 Å². The first-order chi connectivity index (χ1) is 8.74. The minimum atomic E-state index is -0.0708. The molecule has 1 aliphatic rings. The summed E-state index contributed by atoms with van der Waals surface area (Å²) in [5.74, 6) is -0.0200. The number of nitrogens with zero attached hydrogens (tertiary/aromatic N) is 1. The molecule has 1 fully saturated rings. The number of aliphatic hydroxyl groups excluding tert-OH is 1. The molecule has 1 atom stereocenters. The van der Waals surface area contributed by atoms with Gasteiger partial charge in [-0.3, -0.25) is 4.79 Å². The average Bonchev–Trinajstić information content (AvgIpc) is 2.41. The second kappa shape index (κ2) is 5.98. The van der Waals surface area contributed by atoms with Crippen molar-refractivity contribution in [1.82, 2.24) is 0 Å². The van der Waals surface area contributed by atoms with Gasteiger partial charge >= 0.3 is 0 Å². The Morgan fingerprint density at radius 1 is 1.39 bits per heavy atom. The Morgan fingerprint density at radius 2 is 2.11 bits per heavy atom. The molecule has 2 rings (SSSR count). The molecular weight excluding hydrogens is 230 g/mol. The molecule has 18 heavy (non-hydrogen) atoms. The number of hydrogen-bond donors (Lipinski definition) is 1. The molecule has 1 aromatic carbocycles. The van der Waals surface area contributed by atoms with Gasteiger partial charge in [0.25, 0.3) is 5.91 Å². The van der Waals surface area contributed by atoms with Crippen molar-refractivity contribution in [2.45, 2.75) is 25.9 Å². The summed E-state index contributed by atoms with van der Waals surface area (Å²) in [4.78, 5) is 13.6. The lowest BCUT2D eigenvalue weighted by molar-refractivity contribution is -0.129. The van der Waals surface area contributed by atoms with E-state index in [1.54, 1.807) is 4.90 Å². The van der Waals surface area contributed by atoms with Crippen LogP contribution < -0.4 is 4.90 Å². The molecule has 1 aromatic rings. The highest BCUT2D eigenvalue weighted by molar-refractivity contribution is 5.94. The molecule has 0 saturated carbocycles. The Bertz CT molecular complexity index is 402. The maximum absolute atomic E-state index is 11.8. The standard InChI is InChI=1S/C14H19NO3/c1-2-11-3-5-12(6-4-11)15-9-13(7-8-16)18-10-14(15)17/h3-6,13,16H,2,7-10H2,1H3. The molecule has 0 aliphatic carbocycles. The van der Waals surface area contributed by atoms with Gasteiger partial charge in [0.1, 0.15) is 6.61 Å². The third kappa shape index (κ3) is 2.89. The third-order valence-electron chi connectivity index (χ3n) is 3.24. The lowest BCUT2D eigenvalue weighted by atomic mass is 10.1. The van der Waals surface area contributed by atoms with Crippen LogP contribution >= 0.6 is 0 Å². The average molecular weight is 249 g/mol. The van der Waals surface area contributed by atoms with E-state index in [9.17, 15) is 4.79 Å². The number of hydrogen-bond acceptors (Lipinski definition) is 3. The molecule has 4 heteroatoms. The van der Waals surface area contributed by atoms with E-state index in [1.807, 2.05) is 24.3 Å². The molecule has 1 N–H and O–H groups in total. The Labute approximate surface area is 107 Å². The van der Waals surface area contributed by atoms with E-state index < -0.39 is 0 Å². The van der Waals surface area contributed by atoms with Crippen LogP contribution in [0.5, 0.6) is 0 Å². The maximum atomic E-state index is 11.8. The van der Waals surface area contributed by atoms with Gasteiger partial charge in [0, 0.05) is 12.3 Å². The summed E-state index contributed by atoms with van der Waals surface area (Å²) in [6.07, 6.45) is 1.49. The topological polar surface area (TPSA) is 49.8 Å². The lowest BCUT2D eigenvalue weighted by Crippen LogP contribution is -2.47. The Morgan fingerprint density at radius 3 is 2.72 bits per heavy atom. The van der Waals surface area contributed by atoms with Gasteiger partial charge in [-0.05, 0) is 30.5 Å². The summed E-state index contributed by atoms with van der Waals surface area (Å²) in [5.41, 5.74) is 2.16. The molecular formula is C14H19NO3. The van der Waals surface area contributed by atoms with Crippen LogP contribution in [0.25, 0.3) is 0 Å². The van der Waals surface area contributed by atoms with Gasteiger partial charge in [-0.25, -0.2) is 0 Å². The number of aliphatic hydroxyl groups is 1. The second-order valence-electron chi connectivity index (χ2n) is 4.47. The minimum Gasteiger partial charge on any atom is -0.396 e. The van der Waals surface area contributed by atoms with Gasteiger partial charge in [-0.15, -0.1) is 0 Å². The minimum absolute atomic E-state index is 0.0200. The Kier molecular flexibility index (Phi) is 4.33. The highest BCUT2D eigenvalue weighted by Crippen LogP contribution is 2.20. The number of carbonyl (C=O) groups excluding carboxylic acids is 1. The number of aryl methyl sites for hydroxylation is 1. The first kappa shape index (κ1) is 13.1. The van der Waals surface area contributed by atoms with Crippen molar-refractivity contribution in [3.8, 4) is 0 Å². The fourth-order valence-corrected chi connectivity index (χ4v) is 2.10. The van der Waals surface area contributed by atoms with E-state index in [0.29, 0.717) is 13.0 Å². The number of amides is 1. The Balaban J connectivity index is 2.11. The van der Waals surface area contributed by atoms with Crippen LogP contribution in [0.15, 0.2) is 24.3 Å². The lowest BCUT2D eigenvalue weighted by Gasteiger charge is -2.32. The zero-order valence-electron chi connectivity index (χ0n) is 10.6. The molecule has 0 radical (unpaired) electrons. The summed E-state index contributed by atoms with van der Waals surface area (Å²) < 4.78 is 5.38. The highest BCUT2D eigenvalue weighted by atomic mass is 16.5. The smallest absolute Gasteiger partial charge is 0.253 e. The summed E-state index contributed by atoms with van der Waals surface area (Å²) in [5, 5.41) is 8.93. The highest BCUT2D eigenvalue weighted by Gasteiger charge is 2.26. The molecule has 1 saturated heterocycles. The zero-order chi connectivity index (χ0) is 13.0. The molecule has 1 unspecified atom stereocenters. The molecule has 1 heterocycles. The second-order valence-corrected chi connectivity index (χ2v) is 4.47. The summed E-state index contributed by atoms with van der Waals surface area (Å²) >= 11 is 0. The SMILES string of the molecule is CCc1ccc(N2CC(CCO)OCC2=O)cc1. The predicted octanol–water partition coefficient (Wildman–Crippen LogP) is 1.36. The molecule has 0 aromatic heterocycles. The fourth-order valence-electron chi connectivity index (χ4n) is 2.10. The summed E-state index contributed by atoms with van der Waals surface area (Å²) in [7, 11) is 0.